The fraction of sp³-hybridized carbons (Fsp3) is 0.737. The topological polar surface area (TPSA) is 29.5 Å². The molecule has 130 valence electrons. The lowest BCUT2D eigenvalue weighted by molar-refractivity contribution is -0.128. The zero-order valence-corrected chi connectivity index (χ0v) is 16.7. The van der Waals surface area contributed by atoms with Crippen molar-refractivity contribution in [3.05, 3.63) is 24.0 Å². The van der Waals surface area contributed by atoms with Crippen LogP contribution in [0.15, 0.2) is 24.0 Å². The van der Waals surface area contributed by atoms with Crippen LogP contribution in [0.2, 0.25) is 16.6 Å². The standard InChI is InChI=1S/C19H33NO2Si/c1-13(2)23(14(3)4,15(5)6)22-16(7)17-9-8-12-20-18(17)10-11-19(20)21/h9,13-15,18H,7-8,10-12H2,1-6H3/t18-/m1/s1. The fourth-order valence-corrected chi connectivity index (χ4v) is 10.0. The largest absolute Gasteiger partial charge is 0.543 e. The minimum Gasteiger partial charge on any atom is -0.543 e. The van der Waals surface area contributed by atoms with E-state index in [0.29, 0.717) is 23.0 Å². The highest BCUT2D eigenvalue weighted by molar-refractivity contribution is 6.77. The zero-order chi connectivity index (χ0) is 17.4. The highest BCUT2D eigenvalue weighted by Crippen LogP contribution is 2.45. The number of carbonyl (C=O) groups is 1. The molecular formula is C19H33NO2Si. The molecule has 0 aliphatic carbocycles. The van der Waals surface area contributed by atoms with Crippen molar-refractivity contribution in [1.82, 2.24) is 4.90 Å². The van der Waals surface area contributed by atoms with Crippen LogP contribution < -0.4 is 0 Å². The Balaban J connectivity index is 2.26. The minimum atomic E-state index is -1.98. The van der Waals surface area contributed by atoms with Crippen LogP contribution >= 0.6 is 0 Å². The first-order valence-electron chi connectivity index (χ1n) is 9.09. The van der Waals surface area contributed by atoms with E-state index in [-0.39, 0.29) is 11.9 Å². The molecule has 0 spiro atoms. The van der Waals surface area contributed by atoms with Gasteiger partial charge in [-0.3, -0.25) is 4.79 Å². The highest BCUT2D eigenvalue weighted by Gasteiger charge is 2.48. The van der Waals surface area contributed by atoms with E-state index in [0.717, 1.165) is 25.1 Å². The number of amides is 1. The summed E-state index contributed by atoms with van der Waals surface area (Å²) in [5.41, 5.74) is 2.76. The molecule has 0 aromatic heterocycles. The maximum Gasteiger partial charge on any atom is 0.258 e. The molecule has 0 aromatic rings. The highest BCUT2D eigenvalue weighted by atomic mass is 28.4. The Morgan fingerprint density at radius 1 is 1.22 bits per heavy atom. The molecule has 23 heavy (non-hydrogen) atoms. The first kappa shape index (κ1) is 18.3. The molecule has 2 aliphatic rings. The van der Waals surface area contributed by atoms with E-state index in [9.17, 15) is 4.79 Å². The van der Waals surface area contributed by atoms with Crippen molar-refractivity contribution < 1.29 is 9.22 Å². The van der Waals surface area contributed by atoms with E-state index in [4.69, 9.17) is 4.43 Å². The van der Waals surface area contributed by atoms with Gasteiger partial charge in [0.1, 0.15) is 5.76 Å². The summed E-state index contributed by atoms with van der Waals surface area (Å²) in [6.45, 7) is 18.9. The number of hydrogen-bond donors (Lipinski definition) is 0. The normalized spacial score (nSPS) is 22.0. The van der Waals surface area contributed by atoms with Crippen LogP contribution in [0, 0.1) is 0 Å². The molecule has 2 heterocycles. The predicted molar refractivity (Wildman–Crippen MR) is 98.7 cm³/mol. The van der Waals surface area contributed by atoms with E-state index in [1.54, 1.807) is 0 Å². The van der Waals surface area contributed by atoms with Crippen LogP contribution in [0.5, 0.6) is 0 Å². The second kappa shape index (κ2) is 6.84. The number of hydrogen-bond acceptors (Lipinski definition) is 2. The first-order chi connectivity index (χ1) is 10.7. The van der Waals surface area contributed by atoms with E-state index in [1.807, 2.05) is 4.90 Å². The van der Waals surface area contributed by atoms with Gasteiger partial charge >= 0.3 is 0 Å². The smallest absolute Gasteiger partial charge is 0.258 e. The van der Waals surface area contributed by atoms with Crippen LogP contribution in [0.3, 0.4) is 0 Å². The molecule has 0 aromatic carbocycles. The molecule has 0 saturated carbocycles. The number of nitrogens with zero attached hydrogens (tertiary/aromatic N) is 1. The molecule has 1 amide bonds. The van der Waals surface area contributed by atoms with Crippen LogP contribution in [0.1, 0.15) is 60.8 Å². The van der Waals surface area contributed by atoms with Crippen LogP contribution in [0.4, 0.5) is 0 Å². The van der Waals surface area contributed by atoms with Crippen molar-refractivity contribution in [2.75, 3.05) is 6.54 Å². The summed E-state index contributed by atoms with van der Waals surface area (Å²) < 4.78 is 6.74. The van der Waals surface area contributed by atoms with Crippen molar-refractivity contribution in [3.8, 4) is 0 Å². The molecule has 3 nitrogen and oxygen atoms in total. The molecule has 1 saturated heterocycles. The lowest BCUT2D eigenvalue weighted by Gasteiger charge is -2.44. The maximum atomic E-state index is 12.0. The lowest BCUT2D eigenvalue weighted by Crippen LogP contribution is -2.48. The van der Waals surface area contributed by atoms with Gasteiger partial charge in [-0.1, -0.05) is 54.2 Å². The molecule has 2 rings (SSSR count). The van der Waals surface area contributed by atoms with Crippen LogP contribution in [0.25, 0.3) is 0 Å². The third kappa shape index (κ3) is 3.15. The summed E-state index contributed by atoms with van der Waals surface area (Å²) in [5.74, 6) is 1.12. The van der Waals surface area contributed by atoms with Gasteiger partial charge in [0.15, 0.2) is 0 Å². The van der Waals surface area contributed by atoms with Gasteiger partial charge in [-0.25, -0.2) is 0 Å². The summed E-state index contributed by atoms with van der Waals surface area (Å²) in [4.78, 5) is 14.0. The average Bonchev–Trinajstić information content (AvgIpc) is 2.85. The van der Waals surface area contributed by atoms with Crippen molar-refractivity contribution in [1.29, 1.82) is 0 Å². The Morgan fingerprint density at radius 2 is 1.78 bits per heavy atom. The van der Waals surface area contributed by atoms with E-state index in [2.05, 4.69) is 54.2 Å². The summed E-state index contributed by atoms with van der Waals surface area (Å²) in [6, 6.07) is 0.196. The third-order valence-corrected chi connectivity index (χ3v) is 11.8. The number of carbonyl (C=O) groups excluding carboxylic acids is 1. The van der Waals surface area contributed by atoms with Crippen LogP contribution in [-0.2, 0) is 9.22 Å². The average molecular weight is 336 g/mol. The molecule has 1 atom stereocenters. The van der Waals surface area contributed by atoms with Crippen LogP contribution in [-0.4, -0.2) is 31.7 Å². The Hall–Kier alpha value is -1.03. The fourth-order valence-electron chi connectivity index (χ4n) is 4.76. The molecule has 0 radical (unpaired) electrons. The van der Waals surface area contributed by atoms with Gasteiger partial charge in [0.05, 0.1) is 6.04 Å². The van der Waals surface area contributed by atoms with Gasteiger partial charge in [0, 0.05) is 18.5 Å². The molecular weight excluding hydrogens is 302 g/mol. The van der Waals surface area contributed by atoms with Crippen molar-refractivity contribution in [2.45, 2.75) is 83.5 Å². The molecule has 0 N–H and O–H groups in total. The summed E-state index contributed by atoms with van der Waals surface area (Å²) in [5, 5.41) is 0. The predicted octanol–water partition coefficient (Wildman–Crippen LogP) is 5.01. The quantitative estimate of drug-likeness (QED) is 0.504. The second-order valence-corrected chi connectivity index (χ2v) is 13.3. The molecule has 0 bridgehead atoms. The Morgan fingerprint density at radius 3 is 2.30 bits per heavy atom. The van der Waals surface area contributed by atoms with Crippen molar-refractivity contribution >= 4 is 14.2 Å². The number of rotatable bonds is 6. The Labute approximate surface area is 142 Å². The van der Waals surface area contributed by atoms with Gasteiger partial charge in [-0.2, -0.15) is 0 Å². The second-order valence-electron chi connectivity index (χ2n) is 7.93. The third-order valence-electron chi connectivity index (χ3n) is 5.75. The summed E-state index contributed by atoms with van der Waals surface area (Å²) >= 11 is 0. The van der Waals surface area contributed by atoms with Crippen molar-refractivity contribution in [3.63, 3.8) is 0 Å². The SMILES string of the molecule is C=C(O[Si](C(C)C)(C(C)C)C(C)C)C1=CCCN2C(=O)CC[C@H]12. The van der Waals surface area contributed by atoms with Gasteiger partial charge in [0.25, 0.3) is 8.32 Å². The van der Waals surface area contributed by atoms with Gasteiger partial charge < -0.3 is 9.33 Å². The number of fused-ring (bicyclic) bond motifs is 1. The van der Waals surface area contributed by atoms with Gasteiger partial charge in [-0.05, 0) is 29.5 Å². The van der Waals surface area contributed by atoms with E-state index < -0.39 is 8.32 Å². The Bertz CT molecular complexity index is 486. The zero-order valence-electron chi connectivity index (χ0n) is 15.7. The van der Waals surface area contributed by atoms with Crippen molar-refractivity contribution in [2.24, 2.45) is 0 Å². The maximum absolute atomic E-state index is 12.0. The summed E-state index contributed by atoms with van der Waals surface area (Å²) in [6.07, 6.45) is 4.74. The molecule has 2 aliphatic heterocycles. The molecule has 1 fully saturated rings. The van der Waals surface area contributed by atoms with E-state index >= 15 is 0 Å². The molecule has 4 heteroatoms. The van der Waals surface area contributed by atoms with Gasteiger partial charge in [-0.15, -0.1) is 0 Å². The monoisotopic (exact) mass is 335 g/mol. The first-order valence-corrected chi connectivity index (χ1v) is 11.2. The lowest BCUT2D eigenvalue weighted by atomic mass is 9.99. The summed E-state index contributed by atoms with van der Waals surface area (Å²) in [7, 11) is -1.98. The Kier molecular flexibility index (Phi) is 5.44. The van der Waals surface area contributed by atoms with E-state index in [1.165, 1.54) is 5.57 Å². The van der Waals surface area contributed by atoms with Gasteiger partial charge in [0.2, 0.25) is 5.91 Å². The minimum absolute atomic E-state index is 0.196. The molecule has 0 unspecified atom stereocenters.